The Bertz CT molecular complexity index is 891. The second kappa shape index (κ2) is 7.77. The van der Waals surface area contributed by atoms with Crippen molar-refractivity contribution in [2.24, 2.45) is 5.92 Å². The van der Waals surface area contributed by atoms with Crippen LogP contribution < -0.4 is 0 Å². The molecule has 0 N–H and O–H groups in total. The SMILES string of the molecule is Br.c1ccc(C[N+]23CCC(CC2)CC3Cc2cccc3ccccc23)cc1. The number of piperidine rings is 3. The predicted molar refractivity (Wildman–Crippen MR) is 119 cm³/mol. The highest BCUT2D eigenvalue weighted by Gasteiger charge is 2.47. The van der Waals surface area contributed by atoms with Crippen molar-refractivity contribution in [2.75, 3.05) is 13.1 Å². The largest absolute Gasteiger partial charge is 0.317 e. The molecule has 3 aromatic rings. The van der Waals surface area contributed by atoms with Crippen LogP contribution in [0.1, 0.15) is 30.4 Å². The van der Waals surface area contributed by atoms with Crippen LogP contribution in [0.5, 0.6) is 0 Å². The van der Waals surface area contributed by atoms with E-state index in [0.717, 1.165) is 12.0 Å². The molecule has 6 rings (SSSR count). The monoisotopic (exact) mass is 422 g/mol. The summed E-state index contributed by atoms with van der Waals surface area (Å²) in [5.41, 5.74) is 3.06. The van der Waals surface area contributed by atoms with Crippen LogP contribution in [0.2, 0.25) is 0 Å². The van der Waals surface area contributed by atoms with Gasteiger partial charge in [0, 0.05) is 18.4 Å². The number of hydrogen-bond acceptors (Lipinski definition) is 0. The third-order valence-electron chi connectivity index (χ3n) is 7.02. The fourth-order valence-electron chi connectivity index (χ4n) is 5.58. The second-order valence-electron chi connectivity index (χ2n) is 8.48. The van der Waals surface area contributed by atoms with E-state index in [1.54, 1.807) is 5.56 Å². The summed E-state index contributed by atoms with van der Waals surface area (Å²) in [4.78, 5) is 0. The van der Waals surface area contributed by atoms with Gasteiger partial charge in [-0.2, -0.15) is 0 Å². The van der Waals surface area contributed by atoms with E-state index in [1.807, 2.05) is 0 Å². The van der Waals surface area contributed by atoms with E-state index >= 15 is 0 Å². The van der Waals surface area contributed by atoms with Gasteiger partial charge in [-0.25, -0.2) is 0 Å². The lowest BCUT2D eigenvalue weighted by Gasteiger charge is -2.55. The summed E-state index contributed by atoms with van der Waals surface area (Å²) >= 11 is 0. The van der Waals surface area contributed by atoms with Gasteiger partial charge in [-0.05, 0) is 35.1 Å². The molecule has 3 heterocycles. The molecule has 1 nitrogen and oxygen atoms in total. The molecule has 0 saturated carbocycles. The van der Waals surface area contributed by atoms with Crippen molar-refractivity contribution >= 4 is 27.8 Å². The third-order valence-corrected chi connectivity index (χ3v) is 7.02. The smallest absolute Gasteiger partial charge is 0.105 e. The van der Waals surface area contributed by atoms with Crippen LogP contribution >= 0.6 is 17.0 Å². The van der Waals surface area contributed by atoms with E-state index in [0.29, 0.717) is 0 Å². The summed E-state index contributed by atoms with van der Waals surface area (Å²) in [6.07, 6.45) is 5.50. The average Bonchev–Trinajstić information content (AvgIpc) is 2.70. The van der Waals surface area contributed by atoms with E-state index in [9.17, 15) is 0 Å². The molecule has 0 radical (unpaired) electrons. The van der Waals surface area contributed by atoms with Gasteiger partial charge in [0.1, 0.15) is 6.54 Å². The zero-order valence-corrected chi connectivity index (χ0v) is 17.6. The quantitative estimate of drug-likeness (QED) is 0.441. The highest BCUT2D eigenvalue weighted by molar-refractivity contribution is 8.93. The first-order chi connectivity index (χ1) is 12.8. The Morgan fingerprint density at radius 2 is 1.48 bits per heavy atom. The van der Waals surface area contributed by atoms with Crippen LogP contribution in [0.3, 0.4) is 0 Å². The molecule has 0 aliphatic carbocycles. The normalized spacial score (nSPS) is 26.7. The van der Waals surface area contributed by atoms with E-state index < -0.39 is 0 Å². The van der Waals surface area contributed by atoms with Crippen molar-refractivity contribution in [1.82, 2.24) is 0 Å². The third kappa shape index (κ3) is 3.58. The van der Waals surface area contributed by atoms with Crippen LogP contribution in [0.15, 0.2) is 72.8 Å². The summed E-state index contributed by atoms with van der Waals surface area (Å²) in [6.45, 7) is 3.95. The maximum atomic E-state index is 2.37. The topological polar surface area (TPSA) is 0 Å². The van der Waals surface area contributed by atoms with Crippen molar-refractivity contribution in [1.29, 1.82) is 0 Å². The molecule has 27 heavy (non-hydrogen) atoms. The lowest BCUT2D eigenvalue weighted by molar-refractivity contribution is -0.978. The maximum Gasteiger partial charge on any atom is 0.105 e. The van der Waals surface area contributed by atoms with Crippen molar-refractivity contribution in [3.05, 3.63) is 83.9 Å². The molecule has 2 heteroatoms. The Balaban J connectivity index is 0.00000180. The molecule has 3 aliphatic rings. The molecule has 2 bridgehead atoms. The van der Waals surface area contributed by atoms with Crippen molar-refractivity contribution < 1.29 is 4.48 Å². The van der Waals surface area contributed by atoms with Gasteiger partial charge < -0.3 is 4.48 Å². The standard InChI is InChI=1S/C25H28N.BrH/c1-2-7-21(8-3-1)19-26-15-13-20(14-16-26)17-24(26)18-23-11-6-10-22-9-4-5-12-25(22)23;/h1-12,20,24H,13-19H2;1H/q+1;. The van der Waals surface area contributed by atoms with Gasteiger partial charge in [0.2, 0.25) is 0 Å². The maximum absolute atomic E-state index is 2.37. The molecule has 0 amide bonds. The Labute approximate surface area is 173 Å². The Kier molecular flexibility index (Phi) is 5.39. The van der Waals surface area contributed by atoms with Crippen LogP contribution in [0, 0.1) is 5.92 Å². The summed E-state index contributed by atoms with van der Waals surface area (Å²) < 4.78 is 1.31. The number of benzene rings is 3. The molecule has 1 unspecified atom stereocenters. The summed E-state index contributed by atoms with van der Waals surface area (Å²) in [5, 5.41) is 2.84. The Morgan fingerprint density at radius 3 is 2.30 bits per heavy atom. The van der Waals surface area contributed by atoms with Crippen molar-refractivity contribution in [2.45, 2.75) is 38.3 Å². The lowest BCUT2D eigenvalue weighted by atomic mass is 9.77. The molecule has 0 aromatic heterocycles. The number of nitrogens with zero attached hydrogens (tertiary/aromatic N) is 1. The van der Waals surface area contributed by atoms with Crippen molar-refractivity contribution in [3.63, 3.8) is 0 Å². The average molecular weight is 423 g/mol. The molecule has 140 valence electrons. The highest BCUT2D eigenvalue weighted by atomic mass is 79.9. The first-order valence-corrected chi connectivity index (χ1v) is 10.2. The predicted octanol–water partition coefficient (Wildman–Crippen LogP) is 6.16. The highest BCUT2D eigenvalue weighted by Crippen LogP contribution is 2.41. The van der Waals surface area contributed by atoms with E-state index in [2.05, 4.69) is 72.8 Å². The van der Waals surface area contributed by atoms with E-state index in [4.69, 9.17) is 0 Å². The molecule has 3 aromatic carbocycles. The Morgan fingerprint density at radius 1 is 0.778 bits per heavy atom. The van der Waals surface area contributed by atoms with E-state index in [-0.39, 0.29) is 17.0 Å². The van der Waals surface area contributed by atoms with Crippen LogP contribution in [0.25, 0.3) is 10.8 Å². The minimum atomic E-state index is 0. The van der Waals surface area contributed by atoms with Gasteiger partial charge in [0.25, 0.3) is 0 Å². The minimum Gasteiger partial charge on any atom is -0.317 e. The van der Waals surface area contributed by atoms with Gasteiger partial charge in [0.05, 0.1) is 19.1 Å². The molecule has 3 fully saturated rings. The van der Waals surface area contributed by atoms with Gasteiger partial charge in [-0.15, -0.1) is 17.0 Å². The number of fused-ring (bicyclic) bond motifs is 4. The summed E-state index contributed by atoms with van der Waals surface area (Å²) in [6, 6.07) is 27.7. The van der Waals surface area contributed by atoms with E-state index in [1.165, 1.54) is 66.1 Å². The van der Waals surface area contributed by atoms with Crippen LogP contribution in [-0.4, -0.2) is 23.6 Å². The number of rotatable bonds is 4. The van der Waals surface area contributed by atoms with Gasteiger partial charge in [0.15, 0.2) is 0 Å². The molecule has 1 atom stereocenters. The van der Waals surface area contributed by atoms with Crippen molar-refractivity contribution in [3.8, 4) is 0 Å². The first kappa shape index (κ1) is 18.7. The number of halogens is 1. The molecule has 0 spiro atoms. The fourth-order valence-corrected chi connectivity index (χ4v) is 5.58. The lowest BCUT2D eigenvalue weighted by Crippen LogP contribution is -2.64. The summed E-state index contributed by atoms with van der Waals surface area (Å²) in [5.74, 6) is 0.964. The van der Waals surface area contributed by atoms with Gasteiger partial charge in [-0.1, -0.05) is 72.8 Å². The zero-order chi connectivity index (χ0) is 17.4. The Hall–Kier alpha value is -1.64. The fraction of sp³-hybridized carbons (Fsp3) is 0.360. The zero-order valence-electron chi connectivity index (χ0n) is 15.9. The molecule has 3 saturated heterocycles. The minimum absolute atomic E-state index is 0. The van der Waals surface area contributed by atoms with Crippen LogP contribution in [0.4, 0.5) is 0 Å². The number of hydrogen-bond donors (Lipinski definition) is 0. The molecule has 3 aliphatic heterocycles. The molecular formula is C25H29BrN+. The first-order valence-electron chi connectivity index (χ1n) is 10.2. The second-order valence-corrected chi connectivity index (χ2v) is 8.48. The number of quaternary nitrogens is 1. The van der Waals surface area contributed by atoms with Gasteiger partial charge in [-0.3, -0.25) is 0 Å². The van der Waals surface area contributed by atoms with Crippen LogP contribution in [-0.2, 0) is 13.0 Å². The summed E-state index contributed by atoms with van der Waals surface area (Å²) in [7, 11) is 0. The van der Waals surface area contributed by atoms with Gasteiger partial charge >= 0.3 is 0 Å². The molecular weight excluding hydrogens is 394 g/mol.